The number of rotatable bonds is 8. The summed E-state index contributed by atoms with van der Waals surface area (Å²) in [7, 11) is 0. The van der Waals surface area contributed by atoms with E-state index in [4.69, 9.17) is 9.47 Å². The number of hydrogen-bond acceptors (Lipinski definition) is 7. The van der Waals surface area contributed by atoms with Crippen LogP contribution in [0.5, 0.6) is 17.2 Å². The highest BCUT2D eigenvalue weighted by molar-refractivity contribution is 6.39. The van der Waals surface area contributed by atoms with E-state index in [1.54, 1.807) is 25.1 Å². The van der Waals surface area contributed by atoms with Gasteiger partial charge in [-0.1, -0.05) is 18.2 Å². The van der Waals surface area contributed by atoms with E-state index in [-0.39, 0.29) is 29.5 Å². The Labute approximate surface area is 224 Å². The monoisotopic (exact) mass is 529 g/mol. The molecule has 1 aliphatic heterocycles. The summed E-state index contributed by atoms with van der Waals surface area (Å²) in [5, 5.41) is 14.5. The number of anilines is 2. The first kappa shape index (κ1) is 26.9. The number of aryl methyl sites for hydroxylation is 2. The minimum absolute atomic E-state index is 0.0380. The molecule has 3 aromatic rings. The fraction of sp³-hybridized carbons (Fsp3) is 0.172. The van der Waals surface area contributed by atoms with Crippen molar-refractivity contribution in [2.75, 3.05) is 23.4 Å². The van der Waals surface area contributed by atoms with Gasteiger partial charge in [0.15, 0.2) is 18.1 Å². The summed E-state index contributed by atoms with van der Waals surface area (Å²) in [6.07, 6.45) is 1.33. The van der Waals surface area contributed by atoms with Gasteiger partial charge in [-0.15, -0.1) is 0 Å². The predicted octanol–water partition coefficient (Wildman–Crippen LogP) is 4.09. The van der Waals surface area contributed by atoms with Gasteiger partial charge in [0.2, 0.25) is 0 Å². The lowest BCUT2D eigenvalue weighted by molar-refractivity contribution is -0.122. The van der Waals surface area contributed by atoms with Gasteiger partial charge in [-0.05, 0) is 86.0 Å². The highest BCUT2D eigenvalue weighted by atomic mass is 16.5. The fourth-order valence-electron chi connectivity index (χ4n) is 3.86. The summed E-state index contributed by atoms with van der Waals surface area (Å²) >= 11 is 0. The molecular formula is C29H27N3O7. The molecule has 0 radical (unpaired) electrons. The van der Waals surface area contributed by atoms with Crippen LogP contribution in [0.15, 0.2) is 66.2 Å². The number of imide groups is 2. The molecule has 0 unspecified atom stereocenters. The zero-order valence-electron chi connectivity index (χ0n) is 21.6. The number of urea groups is 1. The van der Waals surface area contributed by atoms with Crippen molar-refractivity contribution < 1.29 is 33.8 Å². The highest BCUT2D eigenvalue weighted by Gasteiger charge is 2.36. The van der Waals surface area contributed by atoms with Crippen molar-refractivity contribution in [2.45, 2.75) is 20.8 Å². The second-order valence-corrected chi connectivity index (χ2v) is 8.77. The Bertz CT molecular complexity index is 1480. The number of carbonyl (C=O) groups excluding carboxylic acids is 4. The minimum Gasteiger partial charge on any atom is -0.508 e. The topological polar surface area (TPSA) is 134 Å². The van der Waals surface area contributed by atoms with Crippen molar-refractivity contribution in [3.63, 3.8) is 0 Å². The second-order valence-electron chi connectivity index (χ2n) is 8.77. The van der Waals surface area contributed by atoms with Crippen molar-refractivity contribution in [1.29, 1.82) is 0 Å². The number of aromatic hydroxyl groups is 1. The van der Waals surface area contributed by atoms with Crippen LogP contribution < -0.4 is 25.0 Å². The number of phenols is 1. The third-order valence-corrected chi connectivity index (χ3v) is 5.81. The molecule has 1 aliphatic rings. The number of barbiturate groups is 1. The minimum atomic E-state index is -0.897. The molecule has 10 heteroatoms. The van der Waals surface area contributed by atoms with Crippen LogP contribution in [0, 0.1) is 13.8 Å². The molecule has 0 spiro atoms. The lowest BCUT2D eigenvalue weighted by Gasteiger charge is -2.26. The van der Waals surface area contributed by atoms with E-state index in [1.165, 1.54) is 30.3 Å². The summed E-state index contributed by atoms with van der Waals surface area (Å²) in [6.45, 7) is 5.64. The molecule has 1 saturated heterocycles. The fourth-order valence-corrected chi connectivity index (χ4v) is 3.86. The maximum absolute atomic E-state index is 13.1. The molecule has 1 heterocycles. The molecular weight excluding hydrogens is 502 g/mol. The van der Waals surface area contributed by atoms with Crippen LogP contribution in [0.4, 0.5) is 16.2 Å². The van der Waals surface area contributed by atoms with E-state index in [0.717, 1.165) is 16.0 Å². The van der Waals surface area contributed by atoms with Gasteiger partial charge in [0, 0.05) is 5.69 Å². The van der Waals surface area contributed by atoms with Gasteiger partial charge in [0.05, 0.1) is 12.3 Å². The van der Waals surface area contributed by atoms with Crippen molar-refractivity contribution in [1.82, 2.24) is 5.32 Å². The molecule has 0 saturated carbocycles. The van der Waals surface area contributed by atoms with Gasteiger partial charge in [0.25, 0.3) is 17.7 Å². The van der Waals surface area contributed by atoms with Crippen molar-refractivity contribution in [3.05, 3.63) is 82.9 Å². The summed E-state index contributed by atoms with van der Waals surface area (Å²) in [5.41, 5.74) is 2.99. The Balaban J connectivity index is 1.53. The van der Waals surface area contributed by atoms with Crippen LogP contribution in [-0.2, 0) is 14.4 Å². The van der Waals surface area contributed by atoms with E-state index >= 15 is 0 Å². The summed E-state index contributed by atoms with van der Waals surface area (Å²) in [5.74, 6) is -1.45. The normalized spacial score (nSPS) is 14.3. The summed E-state index contributed by atoms with van der Waals surface area (Å²) < 4.78 is 11.4. The van der Waals surface area contributed by atoms with E-state index < -0.39 is 17.8 Å². The van der Waals surface area contributed by atoms with Crippen LogP contribution in [0.1, 0.15) is 23.6 Å². The molecule has 5 amide bonds. The summed E-state index contributed by atoms with van der Waals surface area (Å²) in [4.78, 5) is 51.3. The van der Waals surface area contributed by atoms with Gasteiger partial charge in [-0.25, -0.2) is 9.69 Å². The van der Waals surface area contributed by atoms with Crippen molar-refractivity contribution in [2.24, 2.45) is 0 Å². The van der Waals surface area contributed by atoms with Crippen LogP contribution >= 0.6 is 0 Å². The van der Waals surface area contributed by atoms with Gasteiger partial charge in [-0.3, -0.25) is 19.7 Å². The number of nitrogens with zero attached hydrogens (tertiary/aromatic N) is 1. The third-order valence-electron chi connectivity index (χ3n) is 5.81. The number of benzene rings is 3. The predicted molar refractivity (Wildman–Crippen MR) is 145 cm³/mol. The van der Waals surface area contributed by atoms with E-state index in [2.05, 4.69) is 10.6 Å². The van der Waals surface area contributed by atoms with Crippen molar-refractivity contribution >= 4 is 41.2 Å². The summed E-state index contributed by atoms with van der Waals surface area (Å²) in [6, 6.07) is 15.0. The second kappa shape index (κ2) is 11.5. The molecule has 200 valence electrons. The Morgan fingerprint density at radius 2 is 1.72 bits per heavy atom. The standard InChI is InChI=1S/C29H27N3O7/c1-4-38-25-15-19(7-12-24(25)39-16-26(34)30-23-13-17(2)5-6-18(23)3)14-22-27(35)31-29(37)32(28(22)36)20-8-10-21(33)11-9-20/h5-15,33H,4,16H2,1-3H3,(H,30,34)(H,31,35,37)/b22-14-. The molecule has 1 fully saturated rings. The Kier molecular flexibility index (Phi) is 7.95. The smallest absolute Gasteiger partial charge is 0.335 e. The number of hydrogen-bond donors (Lipinski definition) is 3. The molecule has 3 N–H and O–H groups in total. The van der Waals surface area contributed by atoms with Crippen LogP contribution in [0.25, 0.3) is 6.08 Å². The Hall–Kier alpha value is -5.12. The van der Waals surface area contributed by atoms with Crippen LogP contribution in [-0.4, -0.2) is 42.1 Å². The van der Waals surface area contributed by atoms with Crippen LogP contribution in [0.3, 0.4) is 0 Å². The molecule has 10 nitrogen and oxygen atoms in total. The molecule has 0 bridgehead atoms. The maximum Gasteiger partial charge on any atom is 0.335 e. The number of nitrogens with one attached hydrogen (secondary N) is 2. The van der Waals surface area contributed by atoms with Crippen LogP contribution in [0.2, 0.25) is 0 Å². The number of phenolic OH excluding ortho intramolecular Hbond substituents is 1. The van der Waals surface area contributed by atoms with E-state index in [0.29, 0.717) is 29.4 Å². The lowest BCUT2D eigenvalue weighted by Crippen LogP contribution is -2.54. The molecule has 0 atom stereocenters. The van der Waals surface area contributed by atoms with Gasteiger partial charge in [-0.2, -0.15) is 0 Å². The number of ether oxygens (including phenoxy) is 2. The molecule has 0 aromatic heterocycles. The van der Waals surface area contributed by atoms with E-state index in [1.807, 2.05) is 32.0 Å². The van der Waals surface area contributed by atoms with Gasteiger partial charge < -0.3 is 19.9 Å². The first-order valence-corrected chi connectivity index (χ1v) is 12.1. The Morgan fingerprint density at radius 3 is 2.44 bits per heavy atom. The average molecular weight is 530 g/mol. The third kappa shape index (κ3) is 6.24. The molecule has 39 heavy (non-hydrogen) atoms. The lowest BCUT2D eigenvalue weighted by atomic mass is 10.1. The van der Waals surface area contributed by atoms with Gasteiger partial charge in [0.1, 0.15) is 11.3 Å². The molecule has 4 rings (SSSR count). The molecule has 0 aliphatic carbocycles. The first-order valence-electron chi connectivity index (χ1n) is 12.1. The van der Waals surface area contributed by atoms with E-state index in [9.17, 15) is 24.3 Å². The van der Waals surface area contributed by atoms with Crippen molar-refractivity contribution in [3.8, 4) is 17.2 Å². The number of carbonyl (C=O) groups is 4. The first-order chi connectivity index (χ1) is 18.7. The largest absolute Gasteiger partial charge is 0.508 e. The zero-order valence-corrected chi connectivity index (χ0v) is 21.6. The SMILES string of the molecule is CCOc1cc(/C=C2/C(=O)NC(=O)N(c3ccc(O)cc3)C2=O)ccc1OCC(=O)Nc1cc(C)ccc1C. The average Bonchev–Trinajstić information content (AvgIpc) is 2.89. The number of amides is 5. The maximum atomic E-state index is 13.1. The molecule has 3 aromatic carbocycles. The van der Waals surface area contributed by atoms with Gasteiger partial charge >= 0.3 is 6.03 Å². The Morgan fingerprint density at radius 1 is 0.974 bits per heavy atom. The highest BCUT2D eigenvalue weighted by Crippen LogP contribution is 2.30. The zero-order chi connectivity index (χ0) is 28.1. The quantitative estimate of drug-likeness (QED) is 0.296.